The van der Waals surface area contributed by atoms with Crippen molar-refractivity contribution in [1.82, 2.24) is 5.32 Å². The van der Waals surface area contributed by atoms with Crippen LogP contribution in [-0.4, -0.2) is 12.6 Å². The summed E-state index contributed by atoms with van der Waals surface area (Å²) in [7, 11) is 0. The molecule has 0 amide bonds. The zero-order chi connectivity index (χ0) is 13.2. The highest BCUT2D eigenvalue weighted by Crippen LogP contribution is 2.31. The Morgan fingerprint density at radius 3 is 2.58 bits per heavy atom. The van der Waals surface area contributed by atoms with E-state index >= 15 is 0 Å². The highest BCUT2D eigenvalue weighted by molar-refractivity contribution is 5.31. The van der Waals surface area contributed by atoms with Crippen molar-refractivity contribution >= 4 is 0 Å². The fourth-order valence-corrected chi connectivity index (χ4v) is 3.89. The molecule has 3 rings (SSSR count). The molecule has 0 saturated heterocycles. The SMILES string of the molecule is CC1CC(C)CC(NC2COCc3ccccc32)C1. The van der Waals surface area contributed by atoms with Crippen LogP contribution in [0.15, 0.2) is 24.3 Å². The highest BCUT2D eigenvalue weighted by atomic mass is 16.5. The Kier molecular flexibility index (Phi) is 3.90. The average Bonchev–Trinajstić information content (AvgIpc) is 2.38. The van der Waals surface area contributed by atoms with Gasteiger partial charge in [0.05, 0.1) is 19.3 Å². The third-order valence-electron chi connectivity index (χ3n) is 4.59. The van der Waals surface area contributed by atoms with E-state index in [9.17, 15) is 0 Å². The molecule has 0 aromatic heterocycles. The third kappa shape index (κ3) is 3.01. The number of benzene rings is 1. The molecule has 0 bridgehead atoms. The van der Waals surface area contributed by atoms with Crippen LogP contribution >= 0.6 is 0 Å². The number of hydrogen-bond acceptors (Lipinski definition) is 2. The van der Waals surface area contributed by atoms with Gasteiger partial charge in [0, 0.05) is 6.04 Å². The van der Waals surface area contributed by atoms with E-state index in [-0.39, 0.29) is 0 Å². The summed E-state index contributed by atoms with van der Waals surface area (Å²) in [5.41, 5.74) is 2.79. The molecule has 2 heteroatoms. The topological polar surface area (TPSA) is 21.3 Å². The van der Waals surface area contributed by atoms with Gasteiger partial charge in [-0.25, -0.2) is 0 Å². The molecule has 1 aromatic carbocycles. The van der Waals surface area contributed by atoms with Crippen LogP contribution < -0.4 is 5.32 Å². The van der Waals surface area contributed by atoms with Crippen molar-refractivity contribution in [1.29, 1.82) is 0 Å². The number of hydrogen-bond donors (Lipinski definition) is 1. The van der Waals surface area contributed by atoms with E-state index in [0.29, 0.717) is 12.1 Å². The first kappa shape index (κ1) is 13.1. The molecule has 1 heterocycles. The monoisotopic (exact) mass is 259 g/mol. The minimum Gasteiger partial charge on any atom is -0.375 e. The predicted octanol–water partition coefficient (Wildman–Crippen LogP) is 3.67. The molecule has 0 radical (unpaired) electrons. The van der Waals surface area contributed by atoms with E-state index in [2.05, 4.69) is 43.4 Å². The van der Waals surface area contributed by atoms with Crippen LogP contribution in [-0.2, 0) is 11.3 Å². The van der Waals surface area contributed by atoms with Crippen LogP contribution in [0.4, 0.5) is 0 Å². The molecule has 1 saturated carbocycles. The number of ether oxygens (including phenoxy) is 1. The van der Waals surface area contributed by atoms with Gasteiger partial charge in [-0.1, -0.05) is 38.1 Å². The van der Waals surface area contributed by atoms with Crippen LogP contribution in [0.1, 0.15) is 50.3 Å². The summed E-state index contributed by atoms with van der Waals surface area (Å²) in [6, 6.07) is 9.73. The smallest absolute Gasteiger partial charge is 0.0721 e. The van der Waals surface area contributed by atoms with Crippen molar-refractivity contribution in [3.8, 4) is 0 Å². The van der Waals surface area contributed by atoms with Gasteiger partial charge in [-0.3, -0.25) is 0 Å². The van der Waals surface area contributed by atoms with Crippen LogP contribution in [0.2, 0.25) is 0 Å². The van der Waals surface area contributed by atoms with Gasteiger partial charge in [0.2, 0.25) is 0 Å². The summed E-state index contributed by atoms with van der Waals surface area (Å²) in [6.07, 6.45) is 4.00. The molecular formula is C17H25NO. The molecule has 3 unspecified atom stereocenters. The second-order valence-corrected chi connectivity index (χ2v) is 6.55. The van der Waals surface area contributed by atoms with Gasteiger partial charge in [0.1, 0.15) is 0 Å². The van der Waals surface area contributed by atoms with Gasteiger partial charge in [-0.05, 0) is 42.2 Å². The number of rotatable bonds is 2. The molecule has 104 valence electrons. The van der Waals surface area contributed by atoms with Crippen molar-refractivity contribution < 1.29 is 4.74 Å². The van der Waals surface area contributed by atoms with Crippen molar-refractivity contribution in [2.75, 3.05) is 6.61 Å². The fourth-order valence-electron chi connectivity index (χ4n) is 3.89. The first-order valence-corrected chi connectivity index (χ1v) is 7.64. The van der Waals surface area contributed by atoms with Gasteiger partial charge in [0.25, 0.3) is 0 Å². The molecule has 2 nitrogen and oxygen atoms in total. The van der Waals surface area contributed by atoms with Crippen molar-refractivity contribution in [3.05, 3.63) is 35.4 Å². The number of fused-ring (bicyclic) bond motifs is 1. The van der Waals surface area contributed by atoms with Crippen LogP contribution in [0.25, 0.3) is 0 Å². The molecule has 1 N–H and O–H groups in total. The Hall–Kier alpha value is -0.860. The molecule has 2 aliphatic rings. The lowest BCUT2D eigenvalue weighted by atomic mass is 9.80. The average molecular weight is 259 g/mol. The Bertz CT molecular complexity index is 421. The van der Waals surface area contributed by atoms with Crippen molar-refractivity contribution in [2.24, 2.45) is 11.8 Å². The highest BCUT2D eigenvalue weighted by Gasteiger charge is 2.28. The summed E-state index contributed by atoms with van der Waals surface area (Å²) >= 11 is 0. The Morgan fingerprint density at radius 2 is 1.79 bits per heavy atom. The second kappa shape index (κ2) is 5.64. The first-order valence-electron chi connectivity index (χ1n) is 7.64. The van der Waals surface area contributed by atoms with Gasteiger partial charge >= 0.3 is 0 Å². The largest absolute Gasteiger partial charge is 0.375 e. The summed E-state index contributed by atoms with van der Waals surface area (Å²) in [6.45, 7) is 6.35. The van der Waals surface area contributed by atoms with Crippen molar-refractivity contribution in [3.63, 3.8) is 0 Å². The fraction of sp³-hybridized carbons (Fsp3) is 0.647. The minimum atomic E-state index is 0.382. The maximum Gasteiger partial charge on any atom is 0.0721 e. The Morgan fingerprint density at radius 1 is 1.05 bits per heavy atom. The van der Waals surface area contributed by atoms with Gasteiger partial charge < -0.3 is 10.1 Å². The van der Waals surface area contributed by atoms with E-state index in [1.165, 1.54) is 30.4 Å². The summed E-state index contributed by atoms with van der Waals surface area (Å²) in [4.78, 5) is 0. The van der Waals surface area contributed by atoms with E-state index in [1.807, 2.05) is 0 Å². The van der Waals surface area contributed by atoms with Gasteiger partial charge in [0.15, 0.2) is 0 Å². The first-order chi connectivity index (χ1) is 9.22. The molecule has 0 spiro atoms. The van der Waals surface area contributed by atoms with E-state index < -0.39 is 0 Å². The molecule has 1 aliphatic heterocycles. The predicted molar refractivity (Wildman–Crippen MR) is 77.9 cm³/mol. The molecular weight excluding hydrogens is 234 g/mol. The Balaban J connectivity index is 1.70. The minimum absolute atomic E-state index is 0.382. The standard InChI is InChI=1S/C17H25NO/c1-12-7-13(2)9-15(8-12)18-17-11-19-10-14-5-3-4-6-16(14)17/h3-6,12-13,15,17-18H,7-11H2,1-2H3. The lowest BCUT2D eigenvalue weighted by Gasteiger charge is -2.36. The third-order valence-corrected chi connectivity index (χ3v) is 4.59. The zero-order valence-corrected chi connectivity index (χ0v) is 12.1. The lowest BCUT2D eigenvalue weighted by Crippen LogP contribution is -2.41. The van der Waals surface area contributed by atoms with Crippen molar-refractivity contribution in [2.45, 2.75) is 51.8 Å². The normalized spacial score (nSPS) is 34.8. The van der Waals surface area contributed by atoms with Crippen LogP contribution in [0.3, 0.4) is 0 Å². The quantitative estimate of drug-likeness (QED) is 0.875. The summed E-state index contributed by atoms with van der Waals surface area (Å²) in [5.74, 6) is 1.70. The zero-order valence-electron chi connectivity index (χ0n) is 12.1. The maximum atomic E-state index is 5.74. The molecule has 19 heavy (non-hydrogen) atoms. The van der Waals surface area contributed by atoms with Gasteiger partial charge in [-0.15, -0.1) is 0 Å². The van der Waals surface area contributed by atoms with E-state index in [4.69, 9.17) is 4.74 Å². The lowest BCUT2D eigenvalue weighted by molar-refractivity contribution is 0.0729. The summed E-state index contributed by atoms with van der Waals surface area (Å²) < 4.78 is 5.74. The van der Waals surface area contributed by atoms with E-state index in [1.54, 1.807) is 0 Å². The van der Waals surface area contributed by atoms with Gasteiger partial charge in [-0.2, -0.15) is 0 Å². The van der Waals surface area contributed by atoms with Crippen LogP contribution in [0.5, 0.6) is 0 Å². The molecule has 1 fully saturated rings. The molecule has 3 atom stereocenters. The summed E-state index contributed by atoms with van der Waals surface area (Å²) in [5, 5.41) is 3.85. The maximum absolute atomic E-state index is 5.74. The molecule has 1 aliphatic carbocycles. The van der Waals surface area contributed by atoms with Crippen LogP contribution in [0, 0.1) is 11.8 Å². The second-order valence-electron chi connectivity index (χ2n) is 6.55. The number of nitrogens with one attached hydrogen (secondary N) is 1. The Labute approximate surface area is 116 Å². The molecule has 1 aromatic rings. The van der Waals surface area contributed by atoms with E-state index in [0.717, 1.165) is 25.0 Å².